The second kappa shape index (κ2) is 6.41. The molecule has 0 aromatic heterocycles. The van der Waals surface area contributed by atoms with E-state index < -0.39 is 0 Å². The third-order valence-electron chi connectivity index (χ3n) is 2.81. The van der Waals surface area contributed by atoms with Crippen LogP contribution < -0.4 is 0 Å². The van der Waals surface area contributed by atoms with E-state index in [4.69, 9.17) is 0 Å². The lowest BCUT2D eigenvalue weighted by Gasteiger charge is -2.12. The summed E-state index contributed by atoms with van der Waals surface area (Å²) in [5.74, 6) is 0. The van der Waals surface area contributed by atoms with Gasteiger partial charge in [-0.2, -0.15) is 0 Å². The monoisotopic (exact) mass is 234 g/mol. The van der Waals surface area contributed by atoms with Crippen molar-refractivity contribution in [1.29, 1.82) is 0 Å². The van der Waals surface area contributed by atoms with Crippen LogP contribution in [0, 0.1) is 0 Å². The molecule has 0 spiro atoms. The van der Waals surface area contributed by atoms with Crippen molar-refractivity contribution in [3.63, 3.8) is 0 Å². The highest BCUT2D eigenvalue weighted by atomic mass is 14.1. The number of rotatable bonds is 6. The molecule has 0 N–H and O–H groups in total. The fraction of sp³-hybridized carbons (Fsp3) is 0. The Bertz CT molecular complexity index is 529. The van der Waals surface area contributed by atoms with Gasteiger partial charge in [-0.1, -0.05) is 81.5 Å². The molecule has 18 heavy (non-hydrogen) atoms. The van der Waals surface area contributed by atoms with Gasteiger partial charge in [-0.05, 0) is 27.8 Å². The lowest BCUT2D eigenvalue weighted by molar-refractivity contribution is 1.53. The summed E-state index contributed by atoms with van der Waals surface area (Å²) in [7, 11) is 0. The van der Waals surface area contributed by atoms with Gasteiger partial charge in [-0.15, -0.1) is 0 Å². The topological polar surface area (TPSA) is 0 Å². The average Bonchev–Trinajstić information content (AvgIpc) is 2.43. The van der Waals surface area contributed by atoms with E-state index in [2.05, 4.69) is 32.9 Å². The number of hydrogen-bond acceptors (Lipinski definition) is 0. The molecule has 0 radical (unpaired) electrons. The first-order valence-corrected chi connectivity index (χ1v) is 5.73. The molecule has 0 unspecified atom stereocenters. The summed E-state index contributed by atoms with van der Waals surface area (Å²) in [6.07, 6.45) is 9.02. The highest BCUT2D eigenvalue weighted by Gasteiger charge is 2.08. The molecule has 0 heterocycles. The molecule has 1 aromatic carbocycles. The molecule has 0 saturated carbocycles. The van der Waals surface area contributed by atoms with E-state index in [-0.39, 0.29) is 0 Å². The highest BCUT2D eigenvalue weighted by molar-refractivity contribution is 5.86. The van der Waals surface area contributed by atoms with Gasteiger partial charge in [0.15, 0.2) is 0 Å². The summed E-state index contributed by atoms with van der Waals surface area (Å²) >= 11 is 0. The third kappa shape index (κ3) is 2.49. The highest BCUT2D eigenvalue weighted by Crippen LogP contribution is 2.28. The van der Waals surface area contributed by atoms with Gasteiger partial charge >= 0.3 is 0 Å². The van der Waals surface area contributed by atoms with E-state index in [1.807, 2.05) is 36.4 Å². The number of benzene rings is 1. The van der Waals surface area contributed by atoms with Crippen LogP contribution in [0.3, 0.4) is 0 Å². The molecule has 0 heteroatoms. The van der Waals surface area contributed by atoms with Crippen LogP contribution in [0.2, 0.25) is 0 Å². The van der Waals surface area contributed by atoms with Crippen LogP contribution in [0.1, 0.15) is 16.7 Å². The van der Waals surface area contributed by atoms with Crippen LogP contribution in [0.25, 0.3) is 17.7 Å². The minimum Gasteiger partial charge on any atom is -0.0984 e. The lowest BCUT2D eigenvalue weighted by Crippen LogP contribution is -1.92. The van der Waals surface area contributed by atoms with Crippen LogP contribution >= 0.6 is 0 Å². The van der Waals surface area contributed by atoms with Gasteiger partial charge in [-0.3, -0.25) is 0 Å². The molecule has 0 aliphatic carbocycles. The van der Waals surface area contributed by atoms with Crippen LogP contribution in [0.15, 0.2) is 74.9 Å². The summed E-state index contributed by atoms with van der Waals surface area (Å²) in [4.78, 5) is 0. The fourth-order valence-electron chi connectivity index (χ4n) is 1.91. The summed E-state index contributed by atoms with van der Waals surface area (Å²) in [6, 6.07) is 6.04. The van der Waals surface area contributed by atoms with Gasteiger partial charge in [0.1, 0.15) is 0 Å². The van der Waals surface area contributed by atoms with Crippen LogP contribution in [0.5, 0.6) is 0 Å². The molecule has 90 valence electrons. The maximum Gasteiger partial charge on any atom is -0.00998 e. The second-order valence-electron chi connectivity index (χ2n) is 3.70. The fourth-order valence-corrected chi connectivity index (χ4v) is 1.91. The SMILES string of the molecule is C=CC(C=C)=C(C=C)c1cccc(C=C)c1C=C. The van der Waals surface area contributed by atoms with Crippen molar-refractivity contribution >= 4 is 17.7 Å². The van der Waals surface area contributed by atoms with E-state index >= 15 is 0 Å². The van der Waals surface area contributed by atoms with Crippen LogP contribution in [-0.4, -0.2) is 0 Å². The van der Waals surface area contributed by atoms with E-state index in [0.717, 1.165) is 27.8 Å². The Labute approximate surface area is 110 Å². The Hall–Kier alpha value is -2.34. The molecule has 0 bridgehead atoms. The first-order valence-electron chi connectivity index (χ1n) is 5.73. The first-order chi connectivity index (χ1) is 8.73. The van der Waals surface area contributed by atoms with Crippen molar-refractivity contribution in [3.05, 3.63) is 91.6 Å². The molecular formula is C18H18. The zero-order valence-electron chi connectivity index (χ0n) is 10.7. The van der Waals surface area contributed by atoms with Crippen molar-refractivity contribution < 1.29 is 0 Å². The molecule has 0 atom stereocenters. The van der Waals surface area contributed by atoms with E-state index in [9.17, 15) is 0 Å². The average molecular weight is 234 g/mol. The summed E-state index contributed by atoms with van der Waals surface area (Å²) in [5, 5.41) is 0. The maximum absolute atomic E-state index is 3.87. The van der Waals surface area contributed by atoms with Gasteiger partial charge in [0.25, 0.3) is 0 Å². The first kappa shape index (κ1) is 13.7. The Morgan fingerprint density at radius 2 is 1.50 bits per heavy atom. The molecule has 1 aromatic rings. The van der Waals surface area contributed by atoms with E-state index in [1.165, 1.54) is 0 Å². The molecule has 0 saturated heterocycles. The molecule has 0 fully saturated rings. The van der Waals surface area contributed by atoms with Gasteiger partial charge in [0, 0.05) is 0 Å². The number of allylic oxidation sites excluding steroid dienone is 5. The van der Waals surface area contributed by atoms with Gasteiger partial charge < -0.3 is 0 Å². The van der Waals surface area contributed by atoms with Gasteiger partial charge in [0.05, 0.1) is 0 Å². The largest absolute Gasteiger partial charge is 0.0984 e. The Balaban J connectivity index is 3.67. The molecule has 0 aliphatic rings. The van der Waals surface area contributed by atoms with Crippen molar-refractivity contribution in [2.24, 2.45) is 0 Å². The molecule has 1 rings (SSSR count). The minimum atomic E-state index is 0.953. The molecule has 0 nitrogen and oxygen atoms in total. The van der Waals surface area contributed by atoms with Gasteiger partial charge in [-0.25, -0.2) is 0 Å². The lowest BCUT2D eigenvalue weighted by atomic mass is 9.92. The second-order valence-corrected chi connectivity index (χ2v) is 3.70. The molecular weight excluding hydrogens is 216 g/mol. The van der Waals surface area contributed by atoms with Crippen LogP contribution in [-0.2, 0) is 0 Å². The van der Waals surface area contributed by atoms with E-state index in [0.29, 0.717) is 0 Å². The van der Waals surface area contributed by atoms with Crippen molar-refractivity contribution in [2.75, 3.05) is 0 Å². The quantitative estimate of drug-likeness (QED) is 0.587. The zero-order chi connectivity index (χ0) is 13.5. The van der Waals surface area contributed by atoms with Crippen LogP contribution in [0.4, 0.5) is 0 Å². The minimum absolute atomic E-state index is 0.953. The van der Waals surface area contributed by atoms with Crippen molar-refractivity contribution in [3.8, 4) is 0 Å². The summed E-state index contributed by atoms with van der Waals surface area (Å²) < 4.78 is 0. The normalized spacial score (nSPS) is 9.11. The third-order valence-corrected chi connectivity index (χ3v) is 2.81. The zero-order valence-corrected chi connectivity index (χ0v) is 10.7. The summed E-state index contributed by atoms with van der Waals surface area (Å²) in [5.41, 5.74) is 5.11. The predicted octanol–water partition coefficient (Wildman–Crippen LogP) is 5.28. The summed E-state index contributed by atoms with van der Waals surface area (Å²) in [6.45, 7) is 19.2. The maximum atomic E-state index is 3.87. The number of hydrogen-bond donors (Lipinski definition) is 0. The smallest absolute Gasteiger partial charge is 0.00998 e. The molecule has 0 aliphatic heterocycles. The Morgan fingerprint density at radius 1 is 0.833 bits per heavy atom. The van der Waals surface area contributed by atoms with E-state index in [1.54, 1.807) is 12.2 Å². The Morgan fingerprint density at radius 3 is 1.94 bits per heavy atom. The van der Waals surface area contributed by atoms with Gasteiger partial charge in [0.2, 0.25) is 0 Å². The standard InChI is InChI=1S/C18H18/c1-6-14(7-2)16(9-4)18-13-11-12-15(8-3)17(18)10-5/h6-13H,1-5H2. The predicted molar refractivity (Wildman–Crippen MR) is 84.1 cm³/mol. The Kier molecular flexibility index (Phi) is 4.89. The molecule has 0 amide bonds. The van der Waals surface area contributed by atoms with Crippen molar-refractivity contribution in [1.82, 2.24) is 0 Å². The van der Waals surface area contributed by atoms with Crippen molar-refractivity contribution in [2.45, 2.75) is 0 Å².